The average molecular weight is 549 g/mol. The van der Waals surface area contributed by atoms with Crippen molar-refractivity contribution in [3.63, 3.8) is 0 Å². The minimum atomic E-state index is -0.400. The second-order valence-corrected chi connectivity index (χ2v) is 9.18. The third kappa shape index (κ3) is 3.75. The molecule has 0 atom stereocenters. The number of carbonyl (C=O) groups excluding carboxylic acids is 2. The minimum absolute atomic E-state index is 0.117. The molecule has 0 radical (unpaired) electrons. The molecule has 8 heteroatoms. The summed E-state index contributed by atoms with van der Waals surface area (Å²) in [6, 6.07) is 15.3. The van der Waals surface area contributed by atoms with Gasteiger partial charge < -0.3 is 9.84 Å². The van der Waals surface area contributed by atoms with Gasteiger partial charge in [0, 0.05) is 14.5 Å². The predicted octanol–water partition coefficient (Wildman–Crippen LogP) is 6.32. The van der Waals surface area contributed by atoms with Crippen molar-refractivity contribution in [3.8, 4) is 11.5 Å². The van der Waals surface area contributed by atoms with Crippen molar-refractivity contribution in [2.45, 2.75) is 6.54 Å². The van der Waals surface area contributed by atoms with E-state index in [1.165, 1.54) is 18.1 Å². The zero-order chi connectivity index (χ0) is 21.4. The maximum Gasteiger partial charge on any atom is 0.293 e. The minimum Gasteiger partial charge on any atom is -0.504 e. The zero-order valence-electron chi connectivity index (χ0n) is 15.7. The van der Waals surface area contributed by atoms with E-state index in [0.29, 0.717) is 14.5 Å². The fourth-order valence-electron chi connectivity index (χ4n) is 3.27. The van der Waals surface area contributed by atoms with Gasteiger partial charge in [0.05, 0.1) is 18.6 Å². The monoisotopic (exact) mass is 547 g/mol. The van der Waals surface area contributed by atoms with Crippen molar-refractivity contribution in [3.05, 3.63) is 73.5 Å². The average Bonchev–Trinajstić information content (AvgIpc) is 3.01. The summed E-state index contributed by atoms with van der Waals surface area (Å²) < 4.78 is 6.38. The van der Waals surface area contributed by atoms with Crippen molar-refractivity contribution in [2.24, 2.45) is 0 Å². The molecule has 3 aromatic carbocycles. The number of ether oxygens (including phenoxy) is 1. The number of rotatable bonds is 4. The number of phenols is 1. The summed E-state index contributed by atoms with van der Waals surface area (Å²) in [7, 11) is 1.44. The van der Waals surface area contributed by atoms with Crippen LogP contribution in [0.15, 0.2) is 62.4 Å². The van der Waals surface area contributed by atoms with Crippen molar-refractivity contribution in [1.82, 2.24) is 4.90 Å². The number of nitrogens with zero attached hydrogens (tertiary/aromatic N) is 1. The number of benzene rings is 3. The number of aromatic hydroxyl groups is 1. The van der Waals surface area contributed by atoms with E-state index in [-0.39, 0.29) is 28.2 Å². The third-order valence-corrected chi connectivity index (χ3v) is 7.69. The molecular formula is C22H15Br2NO4S. The fourth-order valence-corrected chi connectivity index (χ4v) is 4.93. The van der Waals surface area contributed by atoms with Crippen LogP contribution < -0.4 is 4.74 Å². The highest BCUT2D eigenvalue weighted by molar-refractivity contribution is 9.13. The molecule has 0 bridgehead atoms. The number of hydrogen-bond donors (Lipinski definition) is 1. The molecule has 1 saturated heterocycles. The number of thioether (sulfide) groups is 1. The molecule has 5 nitrogen and oxygen atoms in total. The molecular weight excluding hydrogens is 534 g/mol. The van der Waals surface area contributed by atoms with Gasteiger partial charge in [0.2, 0.25) is 0 Å². The normalized spacial score (nSPS) is 15.4. The Morgan fingerprint density at radius 1 is 1.13 bits per heavy atom. The van der Waals surface area contributed by atoms with E-state index < -0.39 is 5.91 Å². The highest BCUT2D eigenvalue weighted by atomic mass is 79.9. The summed E-state index contributed by atoms with van der Waals surface area (Å²) in [5.41, 5.74) is 1.25. The van der Waals surface area contributed by atoms with Crippen LogP contribution >= 0.6 is 43.6 Å². The molecule has 4 rings (SSSR count). The highest BCUT2D eigenvalue weighted by Crippen LogP contribution is 2.43. The molecule has 0 unspecified atom stereocenters. The Hall–Kier alpha value is -2.29. The second-order valence-electron chi connectivity index (χ2n) is 6.54. The molecule has 152 valence electrons. The first-order chi connectivity index (χ1) is 14.4. The summed E-state index contributed by atoms with van der Waals surface area (Å²) >= 11 is 7.65. The molecule has 1 aliphatic rings. The van der Waals surface area contributed by atoms with Gasteiger partial charge in [-0.05, 0) is 72.1 Å². The first kappa shape index (κ1) is 21.0. The van der Waals surface area contributed by atoms with Crippen LogP contribution in [-0.4, -0.2) is 28.3 Å². The quantitative estimate of drug-likeness (QED) is 0.387. The lowest BCUT2D eigenvalue weighted by Crippen LogP contribution is -2.27. The molecule has 30 heavy (non-hydrogen) atoms. The molecule has 1 fully saturated rings. The lowest BCUT2D eigenvalue weighted by Gasteiger charge is -2.14. The van der Waals surface area contributed by atoms with Gasteiger partial charge >= 0.3 is 0 Å². The van der Waals surface area contributed by atoms with Gasteiger partial charge in [-0.3, -0.25) is 14.5 Å². The number of hydrogen-bond acceptors (Lipinski definition) is 5. The molecule has 3 aromatic rings. The Morgan fingerprint density at radius 3 is 2.63 bits per heavy atom. The van der Waals surface area contributed by atoms with Gasteiger partial charge in [0.15, 0.2) is 11.5 Å². The van der Waals surface area contributed by atoms with Crippen LogP contribution in [0.2, 0.25) is 0 Å². The van der Waals surface area contributed by atoms with Crippen molar-refractivity contribution < 1.29 is 19.4 Å². The van der Waals surface area contributed by atoms with Crippen LogP contribution in [0.5, 0.6) is 11.5 Å². The topological polar surface area (TPSA) is 66.8 Å². The predicted molar refractivity (Wildman–Crippen MR) is 126 cm³/mol. The number of fused-ring (bicyclic) bond motifs is 1. The van der Waals surface area contributed by atoms with Crippen molar-refractivity contribution in [1.29, 1.82) is 0 Å². The number of amides is 2. The van der Waals surface area contributed by atoms with Crippen molar-refractivity contribution >= 4 is 71.6 Å². The summed E-state index contributed by atoms with van der Waals surface area (Å²) in [6.45, 7) is 0.179. The van der Waals surface area contributed by atoms with E-state index in [4.69, 9.17) is 4.74 Å². The Kier molecular flexibility index (Phi) is 5.90. The number of methoxy groups -OCH3 is 1. The largest absolute Gasteiger partial charge is 0.504 e. The van der Waals surface area contributed by atoms with Crippen LogP contribution in [0, 0.1) is 0 Å². The molecule has 1 aliphatic heterocycles. The second kappa shape index (κ2) is 8.45. The van der Waals surface area contributed by atoms with Crippen molar-refractivity contribution in [2.75, 3.05) is 7.11 Å². The number of carbonyl (C=O) groups is 2. The Bertz CT molecular complexity index is 1220. The molecule has 1 heterocycles. The molecule has 0 spiro atoms. The summed E-state index contributed by atoms with van der Waals surface area (Å²) in [4.78, 5) is 27.1. The standard InChI is InChI=1S/C22H15Br2NO4S/c1-29-17-10-16(23)19(24)15(20(17)26)9-18-21(27)25(22(28)30-18)11-13-7-4-6-12-5-2-3-8-14(12)13/h2-10,26H,11H2,1H3/b18-9-. The first-order valence-electron chi connectivity index (χ1n) is 8.87. The Labute approximate surface area is 194 Å². The maximum absolute atomic E-state index is 13.0. The van der Waals surface area contributed by atoms with Gasteiger partial charge in [0.25, 0.3) is 11.1 Å². The smallest absolute Gasteiger partial charge is 0.293 e. The van der Waals surface area contributed by atoms with Gasteiger partial charge in [-0.1, -0.05) is 42.5 Å². The first-order valence-corrected chi connectivity index (χ1v) is 11.3. The summed E-state index contributed by atoms with van der Waals surface area (Å²) in [5.74, 6) is -0.261. The molecule has 0 aliphatic carbocycles. The number of phenolic OH excluding ortho intramolecular Hbond substituents is 1. The van der Waals surface area contributed by atoms with E-state index in [9.17, 15) is 14.7 Å². The van der Waals surface area contributed by atoms with Crippen LogP contribution in [0.1, 0.15) is 11.1 Å². The molecule has 0 saturated carbocycles. The van der Waals surface area contributed by atoms with Crippen LogP contribution in [0.25, 0.3) is 16.8 Å². The van der Waals surface area contributed by atoms with E-state index in [1.54, 1.807) is 6.07 Å². The van der Waals surface area contributed by atoms with E-state index in [2.05, 4.69) is 31.9 Å². The number of imide groups is 1. The van der Waals surface area contributed by atoms with E-state index >= 15 is 0 Å². The lowest BCUT2D eigenvalue weighted by molar-refractivity contribution is -0.123. The van der Waals surface area contributed by atoms with Gasteiger partial charge in [-0.2, -0.15) is 0 Å². The maximum atomic E-state index is 13.0. The summed E-state index contributed by atoms with van der Waals surface area (Å²) in [6.07, 6.45) is 1.50. The summed E-state index contributed by atoms with van der Waals surface area (Å²) in [5, 5.41) is 12.2. The Morgan fingerprint density at radius 2 is 1.87 bits per heavy atom. The highest BCUT2D eigenvalue weighted by Gasteiger charge is 2.35. The SMILES string of the molecule is COc1cc(Br)c(Br)c(/C=C2\SC(=O)N(Cc3cccc4ccccc34)C2=O)c1O. The van der Waals surface area contributed by atoms with Gasteiger partial charge in [-0.25, -0.2) is 0 Å². The zero-order valence-corrected chi connectivity index (χ0v) is 19.7. The van der Waals surface area contributed by atoms with Crippen LogP contribution in [0.3, 0.4) is 0 Å². The van der Waals surface area contributed by atoms with Crippen LogP contribution in [0.4, 0.5) is 4.79 Å². The molecule has 1 N–H and O–H groups in total. The lowest BCUT2D eigenvalue weighted by atomic mass is 10.0. The molecule has 2 amide bonds. The Balaban J connectivity index is 1.69. The third-order valence-electron chi connectivity index (χ3n) is 4.77. The van der Waals surface area contributed by atoms with E-state index in [1.807, 2.05) is 42.5 Å². The van der Waals surface area contributed by atoms with E-state index in [0.717, 1.165) is 28.1 Å². The van der Waals surface area contributed by atoms with Crippen LogP contribution in [-0.2, 0) is 11.3 Å². The van der Waals surface area contributed by atoms with Gasteiger partial charge in [0.1, 0.15) is 0 Å². The van der Waals surface area contributed by atoms with Gasteiger partial charge in [-0.15, -0.1) is 0 Å². The molecule has 0 aromatic heterocycles. The fraction of sp³-hybridized carbons (Fsp3) is 0.0909. The number of halogens is 2.